The quantitative estimate of drug-likeness (QED) is 0.719. The smallest absolute Gasteiger partial charge is 0.254 e. The molecule has 1 amide bonds. The number of rotatable bonds is 3. The highest BCUT2D eigenvalue weighted by atomic mass is 19.1. The van der Waals surface area contributed by atoms with Gasteiger partial charge in [0.05, 0.1) is 5.69 Å². The van der Waals surface area contributed by atoms with E-state index in [1.807, 2.05) is 46.2 Å². The fraction of sp³-hybridized carbons (Fsp3) is 0.182. The second-order valence-corrected chi connectivity index (χ2v) is 6.62. The molecule has 27 heavy (non-hydrogen) atoms. The molecule has 0 aromatic heterocycles. The molecule has 5 heteroatoms. The first-order valence-electron chi connectivity index (χ1n) is 9.00. The molecule has 1 aliphatic rings. The second kappa shape index (κ2) is 7.19. The standard InChI is InChI=1S/C22H20FN3O/c23-20-7-3-4-8-21(20)25-11-13-26(14-12-25)22(27)19-10-9-16(15-24)17-5-1-2-6-18(17)19/h1-10,15,24H,11-14H2. The van der Waals surface area contributed by atoms with Gasteiger partial charge >= 0.3 is 0 Å². The predicted octanol–water partition coefficient (Wildman–Crippen LogP) is 3.94. The van der Waals surface area contributed by atoms with Gasteiger partial charge in [0, 0.05) is 38.0 Å². The van der Waals surface area contributed by atoms with E-state index >= 15 is 0 Å². The highest BCUT2D eigenvalue weighted by Gasteiger charge is 2.24. The molecule has 4 nitrogen and oxygen atoms in total. The lowest BCUT2D eigenvalue weighted by atomic mass is 9.99. The largest absolute Gasteiger partial charge is 0.366 e. The van der Waals surface area contributed by atoms with E-state index in [0.717, 1.165) is 16.3 Å². The minimum Gasteiger partial charge on any atom is -0.366 e. The molecule has 0 unspecified atom stereocenters. The third kappa shape index (κ3) is 3.16. The van der Waals surface area contributed by atoms with Gasteiger partial charge < -0.3 is 15.2 Å². The first-order valence-corrected chi connectivity index (χ1v) is 9.00. The van der Waals surface area contributed by atoms with Crippen LogP contribution in [0.2, 0.25) is 0 Å². The predicted molar refractivity (Wildman–Crippen MR) is 106 cm³/mol. The third-order valence-corrected chi connectivity index (χ3v) is 5.10. The Bertz CT molecular complexity index is 1010. The topological polar surface area (TPSA) is 47.4 Å². The summed E-state index contributed by atoms with van der Waals surface area (Å²) in [5.74, 6) is -0.249. The molecule has 1 fully saturated rings. The average molecular weight is 361 g/mol. The number of anilines is 1. The van der Waals surface area contributed by atoms with Gasteiger partial charge in [-0.3, -0.25) is 4.79 Å². The van der Waals surface area contributed by atoms with Gasteiger partial charge in [0.1, 0.15) is 5.82 Å². The third-order valence-electron chi connectivity index (χ3n) is 5.10. The maximum atomic E-state index is 14.0. The van der Waals surface area contributed by atoms with Crippen molar-refractivity contribution in [2.24, 2.45) is 0 Å². The first kappa shape index (κ1) is 17.2. The van der Waals surface area contributed by atoms with Crippen LogP contribution >= 0.6 is 0 Å². The van der Waals surface area contributed by atoms with Crippen molar-refractivity contribution in [1.82, 2.24) is 4.90 Å². The number of halogens is 1. The Balaban J connectivity index is 1.56. The molecular formula is C22H20FN3O. The number of nitrogens with zero attached hydrogens (tertiary/aromatic N) is 2. The lowest BCUT2D eigenvalue weighted by Gasteiger charge is -2.36. The highest BCUT2D eigenvalue weighted by molar-refractivity contribution is 6.11. The molecule has 0 spiro atoms. The van der Waals surface area contributed by atoms with E-state index in [0.29, 0.717) is 37.4 Å². The van der Waals surface area contributed by atoms with E-state index in [4.69, 9.17) is 5.41 Å². The summed E-state index contributed by atoms with van der Waals surface area (Å²) in [6.07, 6.45) is 1.31. The normalized spacial score (nSPS) is 14.4. The number of hydrogen-bond donors (Lipinski definition) is 1. The SMILES string of the molecule is N=Cc1ccc(C(=O)N2CCN(c3ccccc3F)CC2)c2ccccc12. The van der Waals surface area contributed by atoms with E-state index < -0.39 is 0 Å². The number of amides is 1. The summed E-state index contributed by atoms with van der Waals surface area (Å²) in [4.78, 5) is 16.9. The zero-order valence-electron chi connectivity index (χ0n) is 14.9. The van der Waals surface area contributed by atoms with Gasteiger partial charge in [-0.25, -0.2) is 4.39 Å². The molecular weight excluding hydrogens is 341 g/mol. The Labute approximate surface area is 157 Å². The molecule has 0 saturated carbocycles. The minimum absolute atomic E-state index is 0.0177. The monoisotopic (exact) mass is 361 g/mol. The number of carbonyl (C=O) groups excluding carboxylic acids is 1. The summed E-state index contributed by atoms with van der Waals surface area (Å²) in [7, 11) is 0. The van der Waals surface area contributed by atoms with Crippen molar-refractivity contribution in [3.63, 3.8) is 0 Å². The van der Waals surface area contributed by atoms with Crippen molar-refractivity contribution in [2.75, 3.05) is 31.1 Å². The summed E-state index contributed by atoms with van der Waals surface area (Å²) >= 11 is 0. The van der Waals surface area contributed by atoms with Crippen molar-refractivity contribution in [3.05, 3.63) is 77.6 Å². The molecule has 1 saturated heterocycles. The Kier molecular flexibility index (Phi) is 4.59. The van der Waals surface area contributed by atoms with Gasteiger partial charge in [-0.2, -0.15) is 0 Å². The molecule has 4 rings (SSSR count). The van der Waals surface area contributed by atoms with Gasteiger partial charge in [-0.05, 0) is 34.5 Å². The molecule has 0 aliphatic carbocycles. The fourth-order valence-electron chi connectivity index (χ4n) is 3.66. The number of benzene rings is 3. The molecule has 0 bridgehead atoms. The number of carbonyl (C=O) groups is 1. The van der Waals surface area contributed by atoms with Crippen LogP contribution in [-0.4, -0.2) is 43.2 Å². The maximum Gasteiger partial charge on any atom is 0.254 e. The molecule has 1 heterocycles. The van der Waals surface area contributed by atoms with Gasteiger partial charge in [-0.1, -0.05) is 42.5 Å². The Morgan fingerprint density at radius 3 is 2.26 bits per heavy atom. The van der Waals surface area contributed by atoms with Crippen LogP contribution in [0.25, 0.3) is 10.8 Å². The van der Waals surface area contributed by atoms with Crippen LogP contribution in [-0.2, 0) is 0 Å². The molecule has 136 valence electrons. The minimum atomic E-state index is -0.231. The van der Waals surface area contributed by atoms with Crippen LogP contribution in [0, 0.1) is 11.2 Å². The van der Waals surface area contributed by atoms with Crippen molar-refractivity contribution >= 4 is 28.6 Å². The fourth-order valence-corrected chi connectivity index (χ4v) is 3.66. The molecule has 3 aromatic carbocycles. The zero-order chi connectivity index (χ0) is 18.8. The van der Waals surface area contributed by atoms with Gasteiger partial charge in [0.25, 0.3) is 5.91 Å². The molecule has 0 atom stereocenters. The summed E-state index contributed by atoms with van der Waals surface area (Å²) in [5, 5.41) is 9.33. The number of piperazine rings is 1. The van der Waals surface area contributed by atoms with E-state index in [9.17, 15) is 9.18 Å². The summed E-state index contributed by atoms with van der Waals surface area (Å²) in [6, 6.07) is 18.0. The Morgan fingerprint density at radius 1 is 0.889 bits per heavy atom. The van der Waals surface area contributed by atoms with Crippen LogP contribution in [0.5, 0.6) is 0 Å². The number of hydrogen-bond acceptors (Lipinski definition) is 3. The molecule has 1 aliphatic heterocycles. The number of para-hydroxylation sites is 1. The van der Waals surface area contributed by atoms with Crippen LogP contribution in [0.1, 0.15) is 15.9 Å². The van der Waals surface area contributed by atoms with Gasteiger partial charge in [0.15, 0.2) is 0 Å². The summed E-state index contributed by atoms with van der Waals surface area (Å²) in [6.45, 7) is 2.30. The van der Waals surface area contributed by atoms with E-state index in [1.54, 1.807) is 18.2 Å². The average Bonchev–Trinajstić information content (AvgIpc) is 2.73. The number of fused-ring (bicyclic) bond motifs is 1. The Morgan fingerprint density at radius 2 is 1.56 bits per heavy atom. The molecule has 3 aromatic rings. The van der Waals surface area contributed by atoms with Crippen molar-refractivity contribution in [3.8, 4) is 0 Å². The maximum absolute atomic E-state index is 14.0. The Hall–Kier alpha value is -3.21. The van der Waals surface area contributed by atoms with Crippen molar-refractivity contribution < 1.29 is 9.18 Å². The van der Waals surface area contributed by atoms with Gasteiger partial charge in [0.2, 0.25) is 0 Å². The van der Waals surface area contributed by atoms with Crippen LogP contribution < -0.4 is 4.90 Å². The molecule has 0 radical (unpaired) electrons. The van der Waals surface area contributed by atoms with Crippen molar-refractivity contribution in [2.45, 2.75) is 0 Å². The number of nitrogens with one attached hydrogen (secondary N) is 1. The van der Waals surface area contributed by atoms with Gasteiger partial charge in [-0.15, -0.1) is 0 Å². The lowest BCUT2D eigenvalue weighted by molar-refractivity contribution is 0.0748. The van der Waals surface area contributed by atoms with E-state index in [-0.39, 0.29) is 11.7 Å². The summed E-state index contributed by atoms with van der Waals surface area (Å²) in [5.41, 5.74) is 2.03. The van der Waals surface area contributed by atoms with Crippen LogP contribution in [0.4, 0.5) is 10.1 Å². The van der Waals surface area contributed by atoms with E-state index in [2.05, 4.69) is 0 Å². The molecule has 1 N–H and O–H groups in total. The van der Waals surface area contributed by atoms with Crippen LogP contribution in [0.3, 0.4) is 0 Å². The first-order chi connectivity index (χ1) is 13.2. The van der Waals surface area contributed by atoms with E-state index in [1.165, 1.54) is 12.3 Å². The highest BCUT2D eigenvalue weighted by Crippen LogP contribution is 2.25. The zero-order valence-corrected chi connectivity index (χ0v) is 14.9. The summed E-state index contributed by atoms with van der Waals surface area (Å²) < 4.78 is 14.0. The van der Waals surface area contributed by atoms with Crippen LogP contribution in [0.15, 0.2) is 60.7 Å². The van der Waals surface area contributed by atoms with Crippen molar-refractivity contribution in [1.29, 1.82) is 5.41 Å². The lowest BCUT2D eigenvalue weighted by Crippen LogP contribution is -2.49. The second-order valence-electron chi connectivity index (χ2n) is 6.62.